The van der Waals surface area contributed by atoms with Gasteiger partial charge < -0.3 is 14.8 Å². The predicted molar refractivity (Wildman–Crippen MR) is 114 cm³/mol. The van der Waals surface area contributed by atoms with Crippen LogP contribution in [0.3, 0.4) is 0 Å². The molecule has 144 valence electrons. The maximum atomic E-state index is 13.3. The van der Waals surface area contributed by atoms with Crippen LogP contribution in [0.2, 0.25) is 10.0 Å². The monoisotopic (exact) mass is 413 g/mol. The van der Waals surface area contributed by atoms with Gasteiger partial charge in [0.25, 0.3) is 0 Å². The maximum Gasteiger partial charge on any atom is 0.322 e. The van der Waals surface area contributed by atoms with Crippen LogP contribution in [0.4, 0.5) is 10.5 Å². The molecule has 0 saturated heterocycles. The van der Waals surface area contributed by atoms with Crippen LogP contribution in [0.5, 0.6) is 0 Å². The molecule has 1 aromatic heterocycles. The molecule has 1 unspecified atom stereocenters. The molecular weight excluding hydrogens is 393 g/mol. The third-order valence-electron chi connectivity index (χ3n) is 5.05. The number of anilines is 1. The van der Waals surface area contributed by atoms with Gasteiger partial charge in [-0.2, -0.15) is 0 Å². The summed E-state index contributed by atoms with van der Waals surface area (Å²) in [6.07, 6.45) is 2.96. The molecule has 3 aromatic rings. The van der Waals surface area contributed by atoms with E-state index in [1.165, 1.54) is 5.56 Å². The highest BCUT2D eigenvalue weighted by Gasteiger charge is 2.31. The minimum absolute atomic E-state index is 0.163. The Kier molecular flexibility index (Phi) is 5.33. The van der Waals surface area contributed by atoms with Gasteiger partial charge in [-0.05, 0) is 49.2 Å². The molecule has 1 N–H and O–H groups in total. The Morgan fingerprint density at radius 2 is 1.93 bits per heavy atom. The van der Waals surface area contributed by atoms with E-state index in [1.807, 2.05) is 17.0 Å². The van der Waals surface area contributed by atoms with Crippen LogP contribution < -0.4 is 5.32 Å². The SMILES string of the molecule is Cc1cccc(C2c3cccn3CCCN2C(=O)Nc2ccc(Cl)cc2Cl)c1. The predicted octanol–water partition coefficient (Wildman–Crippen LogP) is 6.13. The quantitative estimate of drug-likeness (QED) is 0.538. The molecule has 2 aromatic carbocycles. The Hall–Kier alpha value is -2.43. The molecule has 4 nitrogen and oxygen atoms in total. The van der Waals surface area contributed by atoms with Crippen LogP contribution in [-0.4, -0.2) is 22.0 Å². The first-order chi connectivity index (χ1) is 13.5. The van der Waals surface area contributed by atoms with Crippen molar-refractivity contribution in [2.45, 2.75) is 25.9 Å². The Bertz CT molecular complexity index is 1010. The molecule has 0 bridgehead atoms. The van der Waals surface area contributed by atoms with Gasteiger partial charge in [0, 0.05) is 30.0 Å². The van der Waals surface area contributed by atoms with Crippen molar-refractivity contribution in [1.82, 2.24) is 9.47 Å². The highest BCUT2D eigenvalue weighted by atomic mass is 35.5. The molecule has 0 radical (unpaired) electrons. The first kappa shape index (κ1) is 18.9. The Morgan fingerprint density at radius 3 is 2.71 bits per heavy atom. The van der Waals surface area contributed by atoms with Crippen LogP contribution in [0.1, 0.15) is 29.3 Å². The summed E-state index contributed by atoms with van der Waals surface area (Å²) in [4.78, 5) is 15.2. The zero-order valence-electron chi connectivity index (χ0n) is 15.5. The van der Waals surface area contributed by atoms with Gasteiger partial charge in [-0.25, -0.2) is 4.79 Å². The third kappa shape index (κ3) is 3.75. The minimum atomic E-state index is -0.176. The molecule has 2 heterocycles. The Balaban J connectivity index is 1.71. The number of hydrogen-bond acceptors (Lipinski definition) is 1. The molecule has 4 rings (SSSR count). The molecule has 1 aliphatic heterocycles. The lowest BCUT2D eigenvalue weighted by atomic mass is 10.0. The van der Waals surface area contributed by atoms with Gasteiger partial charge in [-0.15, -0.1) is 0 Å². The van der Waals surface area contributed by atoms with E-state index >= 15 is 0 Å². The van der Waals surface area contributed by atoms with Crippen LogP contribution in [0.15, 0.2) is 60.8 Å². The number of nitrogens with one attached hydrogen (secondary N) is 1. The number of benzene rings is 2. The number of aromatic nitrogens is 1. The fourth-order valence-electron chi connectivity index (χ4n) is 3.77. The molecule has 0 fully saturated rings. The van der Waals surface area contributed by atoms with Crippen LogP contribution in [0.25, 0.3) is 0 Å². The van der Waals surface area contributed by atoms with Crippen LogP contribution in [0, 0.1) is 6.92 Å². The normalized spacial score (nSPS) is 16.4. The molecule has 6 heteroatoms. The first-order valence-electron chi connectivity index (χ1n) is 9.27. The van der Waals surface area contributed by atoms with Crippen molar-refractivity contribution in [1.29, 1.82) is 0 Å². The van der Waals surface area contributed by atoms with Gasteiger partial charge in [0.1, 0.15) is 0 Å². The average Bonchev–Trinajstić information content (AvgIpc) is 3.03. The van der Waals surface area contributed by atoms with Crippen molar-refractivity contribution in [2.75, 3.05) is 11.9 Å². The van der Waals surface area contributed by atoms with E-state index in [0.717, 1.165) is 24.2 Å². The van der Waals surface area contributed by atoms with Crippen LogP contribution in [-0.2, 0) is 6.54 Å². The summed E-state index contributed by atoms with van der Waals surface area (Å²) < 4.78 is 2.23. The van der Waals surface area contributed by atoms with Gasteiger partial charge in [0.2, 0.25) is 0 Å². The van der Waals surface area contributed by atoms with Crippen molar-refractivity contribution in [3.05, 3.63) is 87.7 Å². The largest absolute Gasteiger partial charge is 0.349 e. The lowest BCUT2D eigenvalue weighted by molar-refractivity contribution is 0.199. The van der Waals surface area contributed by atoms with Gasteiger partial charge in [-0.1, -0.05) is 53.0 Å². The van der Waals surface area contributed by atoms with Crippen molar-refractivity contribution in [3.63, 3.8) is 0 Å². The zero-order chi connectivity index (χ0) is 19.7. The zero-order valence-corrected chi connectivity index (χ0v) is 17.0. The van der Waals surface area contributed by atoms with Crippen molar-refractivity contribution in [2.24, 2.45) is 0 Å². The van der Waals surface area contributed by atoms with E-state index in [9.17, 15) is 4.79 Å². The smallest absolute Gasteiger partial charge is 0.322 e. The topological polar surface area (TPSA) is 37.3 Å². The summed E-state index contributed by atoms with van der Waals surface area (Å²) in [6, 6.07) is 17.2. The molecular formula is C22H21Cl2N3O. The number of amides is 2. The summed E-state index contributed by atoms with van der Waals surface area (Å²) in [5.41, 5.74) is 3.93. The van der Waals surface area contributed by atoms with Gasteiger partial charge in [-0.3, -0.25) is 0 Å². The lowest BCUT2D eigenvalue weighted by Gasteiger charge is -2.31. The third-order valence-corrected chi connectivity index (χ3v) is 5.59. The number of carbonyl (C=O) groups excluding carboxylic acids is 1. The number of halogens is 2. The highest BCUT2D eigenvalue weighted by molar-refractivity contribution is 6.36. The van der Waals surface area contributed by atoms with E-state index in [4.69, 9.17) is 23.2 Å². The van der Waals surface area contributed by atoms with E-state index in [-0.39, 0.29) is 12.1 Å². The molecule has 0 spiro atoms. The molecule has 1 atom stereocenters. The number of rotatable bonds is 2. The second-order valence-electron chi connectivity index (χ2n) is 7.04. The van der Waals surface area contributed by atoms with Gasteiger partial charge >= 0.3 is 6.03 Å². The number of hydrogen-bond donors (Lipinski definition) is 1. The minimum Gasteiger partial charge on any atom is -0.349 e. The highest BCUT2D eigenvalue weighted by Crippen LogP contribution is 2.33. The number of fused-ring (bicyclic) bond motifs is 1. The second-order valence-corrected chi connectivity index (χ2v) is 7.89. The fraction of sp³-hybridized carbons (Fsp3) is 0.227. The van der Waals surface area contributed by atoms with E-state index in [2.05, 4.69) is 47.3 Å². The maximum absolute atomic E-state index is 13.3. The summed E-state index contributed by atoms with van der Waals surface area (Å²) >= 11 is 12.2. The van der Waals surface area contributed by atoms with Gasteiger partial charge in [0.15, 0.2) is 0 Å². The summed E-state index contributed by atoms with van der Waals surface area (Å²) in [5, 5.41) is 3.92. The average molecular weight is 414 g/mol. The van der Waals surface area contributed by atoms with E-state index < -0.39 is 0 Å². The first-order valence-corrected chi connectivity index (χ1v) is 10.0. The lowest BCUT2D eigenvalue weighted by Crippen LogP contribution is -2.38. The molecule has 1 aliphatic rings. The fourth-order valence-corrected chi connectivity index (χ4v) is 4.22. The van der Waals surface area contributed by atoms with Crippen molar-refractivity contribution in [3.8, 4) is 0 Å². The molecule has 2 amide bonds. The Labute approximate surface area is 174 Å². The molecule has 28 heavy (non-hydrogen) atoms. The van der Waals surface area contributed by atoms with Crippen molar-refractivity contribution < 1.29 is 4.79 Å². The number of carbonyl (C=O) groups is 1. The second kappa shape index (κ2) is 7.90. The number of aryl methyl sites for hydroxylation is 2. The van der Waals surface area contributed by atoms with E-state index in [1.54, 1.807) is 18.2 Å². The molecule has 0 aliphatic carbocycles. The summed E-state index contributed by atoms with van der Waals surface area (Å²) in [7, 11) is 0. The molecule has 0 saturated carbocycles. The summed E-state index contributed by atoms with van der Waals surface area (Å²) in [6.45, 7) is 3.60. The number of nitrogens with zero attached hydrogens (tertiary/aromatic N) is 2. The Morgan fingerprint density at radius 1 is 1.07 bits per heavy atom. The summed E-state index contributed by atoms with van der Waals surface area (Å²) in [5.74, 6) is 0. The van der Waals surface area contributed by atoms with Gasteiger partial charge in [0.05, 0.1) is 16.8 Å². The standard InChI is InChI=1S/C22H21Cl2N3O/c1-15-5-2-6-16(13-15)21-20-7-3-10-26(20)11-4-12-27(21)22(28)25-19-9-8-17(23)14-18(19)24/h2-3,5-10,13-14,21H,4,11-12H2,1H3,(H,25,28). The number of urea groups is 1. The van der Waals surface area contributed by atoms with Crippen molar-refractivity contribution >= 4 is 34.9 Å². The van der Waals surface area contributed by atoms with Crippen LogP contribution >= 0.6 is 23.2 Å². The van der Waals surface area contributed by atoms with E-state index in [0.29, 0.717) is 22.3 Å².